The van der Waals surface area contributed by atoms with Crippen LogP contribution in [0, 0.1) is 10.1 Å². The first-order chi connectivity index (χ1) is 15.7. The molecule has 0 aliphatic heterocycles. The maximum atomic E-state index is 12.7. The van der Waals surface area contributed by atoms with Crippen molar-refractivity contribution in [2.24, 2.45) is 0 Å². The summed E-state index contributed by atoms with van der Waals surface area (Å²) in [5.74, 6) is -0.0731. The van der Waals surface area contributed by atoms with E-state index in [0.29, 0.717) is 11.4 Å². The Kier molecular flexibility index (Phi) is 7.31. The number of amides is 1. The molecular weight excluding hydrogens is 470 g/mol. The third kappa shape index (κ3) is 6.09. The minimum atomic E-state index is -3.97. The number of nitro benzene ring substituents is 1. The third-order valence-corrected chi connectivity index (χ3v) is 6.10. The zero-order valence-corrected chi connectivity index (χ0v) is 18.8. The number of benzene rings is 3. The van der Waals surface area contributed by atoms with Crippen LogP contribution in [0.4, 0.5) is 17.1 Å². The smallest absolute Gasteiger partial charge is 0.276 e. The molecule has 0 fully saturated rings. The first-order valence-electron chi connectivity index (χ1n) is 9.38. The largest absolute Gasteiger partial charge is 0.497 e. The van der Waals surface area contributed by atoms with E-state index in [4.69, 9.17) is 16.3 Å². The molecule has 0 aromatic heterocycles. The van der Waals surface area contributed by atoms with Gasteiger partial charge in [-0.05, 0) is 54.6 Å². The van der Waals surface area contributed by atoms with Crippen LogP contribution in [0.5, 0.6) is 5.75 Å². The summed E-state index contributed by atoms with van der Waals surface area (Å²) in [6.07, 6.45) is 2.38. The number of rotatable bonds is 8. The fourth-order valence-corrected chi connectivity index (χ4v) is 4.02. The van der Waals surface area contributed by atoms with Crippen LogP contribution in [0.1, 0.15) is 5.56 Å². The van der Waals surface area contributed by atoms with Crippen LogP contribution in [0.15, 0.2) is 77.7 Å². The molecule has 0 aliphatic rings. The van der Waals surface area contributed by atoms with Gasteiger partial charge in [0.1, 0.15) is 5.75 Å². The normalized spacial score (nSPS) is 11.2. The summed E-state index contributed by atoms with van der Waals surface area (Å²) in [7, 11) is -2.47. The molecule has 1 amide bonds. The molecule has 0 saturated heterocycles. The number of methoxy groups -OCH3 is 1. The second kappa shape index (κ2) is 10.2. The minimum absolute atomic E-state index is 0.0616. The Morgan fingerprint density at radius 1 is 1.09 bits per heavy atom. The highest BCUT2D eigenvalue weighted by molar-refractivity contribution is 7.92. The molecule has 0 aliphatic carbocycles. The highest BCUT2D eigenvalue weighted by Crippen LogP contribution is 2.27. The number of nitrogens with one attached hydrogen (secondary N) is 2. The average Bonchev–Trinajstić information content (AvgIpc) is 2.79. The van der Waals surface area contributed by atoms with Crippen LogP contribution in [0.3, 0.4) is 0 Å². The van der Waals surface area contributed by atoms with E-state index in [1.54, 1.807) is 30.3 Å². The molecule has 0 spiro atoms. The van der Waals surface area contributed by atoms with Gasteiger partial charge in [-0.2, -0.15) is 0 Å². The Labute approximate surface area is 194 Å². The van der Waals surface area contributed by atoms with Gasteiger partial charge < -0.3 is 10.1 Å². The predicted octanol–water partition coefficient (Wildman–Crippen LogP) is 4.71. The topological polar surface area (TPSA) is 128 Å². The lowest BCUT2D eigenvalue weighted by Crippen LogP contribution is -2.14. The Morgan fingerprint density at radius 2 is 1.79 bits per heavy atom. The Bertz CT molecular complexity index is 1320. The molecule has 0 radical (unpaired) electrons. The Balaban J connectivity index is 1.78. The molecule has 170 valence electrons. The van der Waals surface area contributed by atoms with Crippen molar-refractivity contribution in [1.82, 2.24) is 0 Å². The molecule has 0 atom stereocenters. The highest BCUT2D eigenvalue weighted by Gasteiger charge is 2.17. The van der Waals surface area contributed by atoms with E-state index in [2.05, 4.69) is 10.0 Å². The molecule has 3 aromatic rings. The number of hydrogen-bond donors (Lipinski definition) is 2. The van der Waals surface area contributed by atoms with Gasteiger partial charge in [-0.15, -0.1) is 0 Å². The Morgan fingerprint density at radius 3 is 2.45 bits per heavy atom. The van der Waals surface area contributed by atoms with E-state index in [-0.39, 0.29) is 26.9 Å². The molecule has 9 nitrogen and oxygen atoms in total. The summed E-state index contributed by atoms with van der Waals surface area (Å²) < 4.78 is 33.0. The molecule has 0 saturated carbocycles. The van der Waals surface area contributed by atoms with Crippen LogP contribution in [-0.4, -0.2) is 26.4 Å². The SMILES string of the molecule is COc1ccc(NS(=O)(=O)c2ccc(Cl)c(NC(=O)C=Cc3ccccc3[N+](=O)[O-])c2)cc1. The molecule has 11 heteroatoms. The molecule has 0 unspecified atom stereocenters. The number of para-hydroxylation sites is 1. The summed E-state index contributed by atoms with van der Waals surface area (Å²) >= 11 is 6.11. The second-order valence-corrected chi connectivity index (χ2v) is 8.70. The van der Waals surface area contributed by atoms with Crippen LogP contribution >= 0.6 is 11.6 Å². The van der Waals surface area contributed by atoms with E-state index in [1.165, 1.54) is 49.6 Å². The molecule has 0 heterocycles. The molecule has 2 N–H and O–H groups in total. The van der Waals surface area contributed by atoms with E-state index in [9.17, 15) is 23.3 Å². The van der Waals surface area contributed by atoms with Gasteiger partial charge in [0, 0.05) is 17.8 Å². The van der Waals surface area contributed by atoms with Crippen molar-refractivity contribution in [1.29, 1.82) is 0 Å². The van der Waals surface area contributed by atoms with Crippen LogP contribution in [-0.2, 0) is 14.8 Å². The van der Waals surface area contributed by atoms with Gasteiger partial charge >= 0.3 is 0 Å². The first kappa shape index (κ1) is 23.8. The molecule has 3 aromatic carbocycles. The molecule has 3 rings (SSSR count). The van der Waals surface area contributed by atoms with Crippen molar-refractivity contribution < 1.29 is 22.9 Å². The average molecular weight is 488 g/mol. The quantitative estimate of drug-likeness (QED) is 0.269. The van der Waals surface area contributed by atoms with Crippen molar-refractivity contribution >= 4 is 50.7 Å². The monoisotopic (exact) mass is 487 g/mol. The van der Waals surface area contributed by atoms with Crippen molar-refractivity contribution in [2.75, 3.05) is 17.1 Å². The number of carbonyl (C=O) groups is 1. The van der Waals surface area contributed by atoms with E-state index in [1.807, 2.05) is 0 Å². The number of sulfonamides is 1. The maximum Gasteiger partial charge on any atom is 0.276 e. The summed E-state index contributed by atoms with van der Waals surface area (Å²) in [4.78, 5) is 22.7. The summed E-state index contributed by atoms with van der Waals surface area (Å²) in [5.41, 5.74) is 0.469. The predicted molar refractivity (Wildman–Crippen MR) is 126 cm³/mol. The van der Waals surface area contributed by atoms with Gasteiger partial charge in [0.15, 0.2) is 0 Å². The zero-order valence-electron chi connectivity index (χ0n) is 17.2. The number of anilines is 2. The van der Waals surface area contributed by atoms with Crippen LogP contribution < -0.4 is 14.8 Å². The van der Waals surface area contributed by atoms with Crippen molar-refractivity contribution in [2.45, 2.75) is 4.90 Å². The third-order valence-electron chi connectivity index (χ3n) is 4.40. The van der Waals surface area contributed by atoms with E-state index >= 15 is 0 Å². The van der Waals surface area contributed by atoms with Crippen LogP contribution in [0.2, 0.25) is 5.02 Å². The van der Waals surface area contributed by atoms with Gasteiger partial charge in [0.2, 0.25) is 5.91 Å². The minimum Gasteiger partial charge on any atom is -0.497 e. The molecule has 33 heavy (non-hydrogen) atoms. The lowest BCUT2D eigenvalue weighted by Gasteiger charge is -2.11. The van der Waals surface area contributed by atoms with Gasteiger partial charge in [0.25, 0.3) is 15.7 Å². The lowest BCUT2D eigenvalue weighted by molar-refractivity contribution is -0.385. The number of halogens is 1. The second-order valence-electron chi connectivity index (χ2n) is 6.61. The lowest BCUT2D eigenvalue weighted by atomic mass is 10.1. The number of ether oxygens (including phenoxy) is 1. The molecular formula is C22H18ClN3O6S. The fraction of sp³-hybridized carbons (Fsp3) is 0.0455. The summed E-state index contributed by atoms with van der Waals surface area (Å²) in [6, 6.07) is 16.1. The first-order valence-corrected chi connectivity index (χ1v) is 11.2. The van der Waals surface area contributed by atoms with Gasteiger partial charge in [0.05, 0.1) is 33.2 Å². The van der Waals surface area contributed by atoms with Crippen LogP contribution in [0.25, 0.3) is 6.08 Å². The van der Waals surface area contributed by atoms with Gasteiger partial charge in [-0.25, -0.2) is 8.42 Å². The van der Waals surface area contributed by atoms with Crippen molar-refractivity contribution in [3.05, 3.63) is 93.5 Å². The standard InChI is InChI=1S/C22H18ClN3O6S/c1-32-17-9-7-16(8-10-17)25-33(30,31)18-11-12-19(23)20(14-18)24-22(27)13-6-15-4-2-3-5-21(15)26(28)29/h2-14,25H,1H3,(H,24,27). The highest BCUT2D eigenvalue weighted by atomic mass is 35.5. The molecule has 0 bridgehead atoms. The van der Waals surface area contributed by atoms with Crippen molar-refractivity contribution in [3.63, 3.8) is 0 Å². The summed E-state index contributed by atoms with van der Waals surface area (Å²) in [6.45, 7) is 0. The van der Waals surface area contributed by atoms with E-state index in [0.717, 1.165) is 6.08 Å². The van der Waals surface area contributed by atoms with Gasteiger partial charge in [-0.3, -0.25) is 19.6 Å². The van der Waals surface area contributed by atoms with Gasteiger partial charge in [-0.1, -0.05) is 23.7 Å². The number of nitrogens with zero attached hydrogens (tertiary/aromatic N) is 1. The number of carbonyl (C=O) groups excluding carboxylic acids is 1. The van der Waals surface area contributed by atoms with E-state index < -0.39 is 20.9 Å². The van der Waals surface area contributed by atoms with Crippen molar-refractivity contribution in [3.8, 4) is 5.75 Å². The number of hydrogen-bond acceptors (Lipinski definition) is 6. The fourth-order valence-electron chi connectivity index (χ4n) is 2.78. The maximum absolute atomic E-state index is 12.7. The zero-order chi connectivity index (χ0) is 24.0. The Hall–Kier alpha value is -3.89. The number of nitro groups is 1. The summed E-state index contributed by atoms with van der Waals surface area (Å²) in [5, 5.41) is 13.7.